The fourth-order valence-corrected chi connectivity index (χ4v) is 3.77. The van der Waals surface area contributed by atoms with E-state index >= 15 is 0 Å². The van der Waals surface area contributed by atoms with Crippen LogP contribution in [0.5, 0.6) is 0 Å². The lowest BCUT2D eigenvalue weighted by Gasteiger charge is -2.11. The van der Waals surface area contributed by atoms with Crippen molar-refractivity contribution in [3.8, 4) is 0 Å². The van der Waals surface area contributed by atoms with Gasteiger partial charge < -0.3 is 9.72 Å². The van der Waals surface area contributed by atoms with E-state index in [0.717, 1.165) is 20.5 Å². The molecule has 0 bridgehead atoms. The summed E-state index contributed by atoms with van der Waals surface area (Å²) in [5, 5.41) is 0.602. The lowest BCUT2D eigenvalue weighted by molar-refractivity contribution is -0.142. The molecule has 0 saturated heterocycles. The van der Waals surface area contributed by atoms with Crippen LogP contribution in [0.3, 0.4) is 0 Å². The monoisotopic (exact) mass is 432 g/mol. The van der Waals surface area contributed by atoms with Crippen LogP contribution in [0.15, 0.2) is 39.6 Å². The summed E-state index contributed by atoms with van der Waals surface area (Å²) in [6.07, 6.45) is 2.37. The largest absolute Gasteiger partial charge is 0.451 e. The first-order valence-corrected chi connectivity index (χ1v) is 9.60. The summed E-state index contributed by atoms with van der Waals surface area (Å²) < 4.78 is 6.33. The number of rotatable bonds is 4. The van der Waals surface area contributed by atoms with Crippen molar-refractivity contribution in [1.29, 1.82) is 0 Å². The molecule has 0 aliphatic rings. The molecule has 0 spiro atoms. The van der Waals surface area contributed by atoms with Crippen molar-refractivity contribution in [2.45, 2.75) is 26.9 Å². The maximum absolute atomic E-state index is 12.3. The number of halogens is 1. The predicted molar refractivity (Wildman–Crippen MR) is 107 cm³/mol. The van der Waals surface area contributed by atoms with Crippen molar-refractivity contribution in [2.75, 3.05) is 0 Å². The second-order valence-electron chi connectivity index (χ2n) is 5.88. The maximum atomic E-state index is 12.3. The van der Waals surface area contributed by atoms with Gasteiger partial charge in [0, 0.05) is 15.4 Å². The molecule has 1 aromatic carbocycles. The van der Waals surface area contributed by atoms with Crippen molar-refractivity contribution in [2.24, 2.45) is 0 Å². The van der Waals surface area contributed by atoms with Gasteiger partial charge in [0.2, 0.25) is 0 Å². The van der Waals surface area contributed by atoms with Gasteiger partial charge in [0.15, 0.2) is 11.9 Å². The molecule has 1 atom stereocenters. The number of carbonyl (C=O) groups is 1. The van der Waals surface area contributed by atoms with Gasteiger partial charge in [0.05, 0.1) is 5.39 Å². The van der Waals surface area contributed by atoms with Gasteiger partial charge in [-0.15, -0.1) is 11.3 Å². The number of nitrogens with one attached hydrogen (secondary N) is 1. The van der Waals surface area contributed by atoms with E-state index in [1.165, 1.54) is 17.4 Å². The average molecular weight is 433 g/mol. The first-order chi connectivity index (χ1) is 12.3. The highest BCUT2D eigenvalue weighted by atomic mass is 79.9. The molecule has 1 unspecified atom stereocenters. The van der Waals surface area contributed by atoms with Crippen LogP contribution in [0, 0.1) is 13.8 Å². The molecule has 3 rings (SSSR count). The van der Waals surface area contributed by atoms with E-state index in [0.29, 0.717) is 16.0 Å². The van der Waals surface area contributed by atoms with Gasteiger partial charge in [-0.05, 0) is 50.1 Å². The van der Waals surface area contributed by atoms with Crippen LogP contribution in [-0.4, -0.2) is 15.9 Å². The minimum atomic E-state index is -0.656. The Bertz CT molecular complexity index is 1050. The molecule has 0 fully saturated rings. The number of ether oxygens (including phenoxy) is 1. The number of aromatic nitrogens is 2. The molecule has 1 N–H and O–H groups in total. The highest BCUT2D eigenvalue weighted by Gasteiger charge is 2.17. The van der Waals surface area contributed by atoms with Gasteiger partial charge in [-0.1, -0.05) is 28.1 Å². The molecule has 0 aliphatic carbocycles. The Kier molecular flexibility index (Phi) is 5.38. The Labute approximate surface area is 162 Å². The second kappa shape index (κ2) is 7.55. The molecule has 134 valence electrons. The summed E-state index contributed by atoms with van der Waals surface area (Å²) in [5.41, 5.74) is 1.61. The number of carbonyl (C=O) groups excluding carboxylic acids is 1. The molecule has 0 aliphatic heterocycles. The van der Waals surface area contributed by atoms with Gasteiger partial charge in [0.25, 0.3) is 5.56 Å². The van der Waals surface area contributed by atoms with Gasteiger partial charge in [0.1, 0.15) is 4.83 Å². The normalized spacial score (nSPS) is 12.6. The van der Waals surface area contributed by atoms with Crippen molar-refractivity contribution in [3.63, 3.8) is 0 Å². The molecule has 2 aromatic heterocycles. The third-order valence-electron chi connectivity index (χ3n) is 4.02. The second-order valence-corrected chi connectivity index (χ2v) is 8.00. The topological polar surface area (TPSA) is 72.0 Å². The Hall–Kier alpha value is -2.25. The zero-order valence-electron chi connectivity index (χ0n) is 14.5. The smallest absolute Gasteiger partial charge is 0.331 e. The fourth-order valence-electron chi connectivity index (χ4n) is 2.47. The molecule has 26 heavy (non-hydrogen) atoms. The van der Waals surface area contributed by atoms with Gasteiger partial charge in [-0.3, -0.25) is 4.79 Å². The zero-order valence-corrected chi connectivity index (χ0v) is 16.9. The van der Waals surface area contributed by atoms with Crippen LogP contribution in [0.4, 0.5) is 0 Å². The van der Waals surface area contributed by atoms with Gasteiger partial charge in [-0.25, -0.2) is 9.78 Å². The molecular formula is C19H17BrN2O3S. The van der Waals surface area contributed by atoms with E-state index in [1.54, 1.807) is 13.0 Å². The van der Waals surface area contributed by atoms with Crippen LogP contribution < -0.4 is 5.56 Å². The lowest BCUT2D eigenvalue weighted by atomic mass is 10.2. The van der Waals surface area contributed by atoms with Crippen molar-refractivity contribution < 1.29 is 9.53 Å². The van der Waals surface area contributed by atoms with Crippen LogP contribution in [0.1, 0.15) is 34.9 Å². The standard InChI is InChI=1S/C19H17BrN2O3S/c1-10-12(3)26-19-16(10)18(24)21-17(22-19)11(2)25-15(23)9-6-13-4-7-14(20)8-5-13/h4-9,11H,1-3H3,(H,21,22,24)/b9-6+. The maximum Gasteiger partial charge on any atom is 0.331 e. The van der Waals surface area contributed by atoms with E-state index in [9.17, 15) is 9.59 Å². The number of benzene rings is 1. The first kappa shape index (κ1) is 18.5. The minimum absolute atomic E-state index is 0.208. The first-order valence-electron chi connectivity index (χ1n) is 7.99. The summed E-state index contributed by atoms with van der Waals surface area (Å²) >= 11 is 4.82. The van der Waals surface area contributed by atoms with Crippen LogP contribution in [0.25, 0.3) is 16.3 Å². The van der Waals surface area contributed by atoms with E-state index < -0.39 is 12.1 Å². The molecule has 5 nitrogen and oxygen atoms in total. The Morgan fingerprint density at radius 3 is 2.69 bits per heavy atom. The number of aryl methyl sites for hydroxylation is 2. The SMILES string of the molecule is Cc1sc2nc(C(C)OC(=O)/C=C/c3ccc(Br)cc3)[nH]c(=O)c2c1C. The summed E-state index contributed by atoms with van der Waals surface area (Å²) in [6.45, 7) is 5.54. The fraction of sp³-hybridized carbons (Fsp3) is 0.211. The molecule has 0 saturated carbocycles. The highest BCUT2D eigenvalue weighted by molar-refractivity contribution is 9.10. The summed E-state index contributed by atoms with van der Waals surface area (Å²) in [4.78, 5) is 33.2. The van der Waals surface area contributed by atoms with Crippen LogP contribution in [-0.2, 0) is 9.53 Å². The average Bonchev–Trinajstić information content (AvgIpc) is 2.89. The number of hydrogen-bond acceptors (Lipinski definition) is 5. The highest BCUT2D eigenvalue weighted by Crippen LogP contribution is 2.26. The van der Waals surface area contributed by atoms with Gasteiger partial charge in [-0.2, -0.15) is 0 Å². The van der Waals surface area contributed by atoms with E-state index in [2.05, 4.69) is 25.9 Å². The quantitative estimate of drug-likeness (QED) is 0.479. The molecular weight excluding hydrogens is 416 g/mol. The third kappa shape index (κ3) is 3.94. The molecule has 0 radical (unpaired) electrons. The molecule has 3 aromatic rings. The molecule has 7 heteroatoms. The van der Waals surface area contributed by atoms with Crippen LogP contribution in [0.2, 0.25) is 0 Å². The number of H-pyrrole nitrogens is 1. The predicted octanol–water partition coefficient (Wildman–Crippen LogP) is 4.68. The number of fused-ring (bicyclic) bond motifs is 1. The van der Waals surface area contributed by atoms with Crippen molar-refractivity contribution >= 4 is 49.5 Å². The number of nitrogens with zero attached hydrogens (tertiary/aromatic N) is 1. The Balaban J connectivity index is 1.76. The Morgan fingerprint density at radius 2 is 2.00 bits per heavy atom. The zero-order chi connectivity index (χ0) is 18.8. The molecule has 0 amide bonds. The lowest BCUT2D eigenvalue weighted by Crippen LogP contribution is -2.16. The van der Waals surface area contributed by atoms with E-state index in [1.807, 2.05) is 38.1 Å². The third-order valence-corrected chi connectivity index (χ3v) is 5.65. The van der Waals surface area contributed by atoms with Gasteiger partial charge >= 0.3 is 5.97 Å². The Morgan fingerprint density at radius 1 is 1.31 bits per heavy atom. The summed E-state index contributed by atoms with van der Waals surface area (Å²) in [7, 11) is 0. The van der Waals surface area contributed by atoms with Crippen molar-refractivity contribution in [3.05, 3.63) is 67.0 Å². The number of aromatic amines is 1. The number of thiophene rings is 1. The van der Waals surface area contributed by atoms with E-state index in [-0.39, 0.29) is 5.56 Å². The summed E-state index contributed by atoms with van der Waals surface area (Å²) in [5.74, 6) is -0.157. The molecule has 2 heterocycles. The number of hydrogen-bond donors (Lipinski definition) is 1. The number of esters is 1. The van der Waals surface area contributed by atoms with E-state index in [4.69, 9.17) is 4.74 Å². The van der Waals surface area contributed by atoms with Crippen LogP contribution >= 0.6 is 27.3 Å². The summed E-state index contributed by atoms with van der Waals surface area (Å²) in [6, 6.07) is 7.54. The van der Waals surface area contributed by atoms with Crippen molar-refractivity contribution in [1.82, 2.24) is 9.97 Å². The minimum Gasteiger partial charge on any atom is -0.451 e.